The molecule has 0 saturated carbocycles. The van der Waals surface area contributed by atoms with Gasteiger partial charge in [-0.05, 0) is 47.6 Å². The molecule has 0 aliphatic heterocycles. The number of benzene rings is 1. The molecule has 0 heterocycles. The van der Waals surface area contributed by atoms with Crippen LogP contribution in [-0.4, -0.2) is 8.07 Å². The molecule has 17 heavy (non-hydrogen) atoms. The quantitative estimate of drug-likeness (QED) is 0.670. The normalized spacial score (nSPS) is 18.5. The van der Waals surface area contributed by atoms with Crippen molar-refractivity contribution in [2.24, 2.45) is 0 Å². The number of hydrogen-bond acceptors (Lipinski definition) is 0. The zero-order valence-corrected chi connectivity index (χ0v) is 12.1. The zero-order valence-electron chi connectivity index (χ0n) is 11.1. The molecule has 2 aliphatic rings. The van der Waals surface area contributed by atoms with Crippen molar-refractivity contribution in [1.82, 2.24) is 0 Å². The van der Waals surface area contributed by atoms with Gasteiger partial charge in [0.1, 0.15) is 0 Å². The molecular formula is C16H21Si. The Bertz CT molecular complexity index is 477. The van der Waals surface area contributed by atoms with Crippen LogP contribution >= 0.6 is 0 Å². The minimum absolute atomic E-state index is 1.00. The van der Waals surface area contributed by atoms with Crippen LogP contribution in [0.2, 0.25) is 25.7 Å². The molecule has 0 bridgehead atoms. The monoisotopic (exact) mass is 241 g/mol. The van der Waals surface area contributed by atoms with Crippen molar-refractivity contribution in [2.75, 3.05) is 0 Å². The summed E-state index contributed by atoms with van der Waals surface area (Å²) >= 11 is 0. The maximum atomic E-state index is 2.48. The molecule has 2 aliphatic carbocycles. The molecule has 0 N–H and O–H groups in total. The summed E-state index contributed by atoms with van der Waals surface area (Å²) in [7, 11) is -1.00. The fraction of sp³-hybridized carbons (Fsp3) is 0.438. The zero-order chi connectivity index (χ0) is 12.0. The molecule has 0 saturated heterocycles. The van der Waals surface area contributed by atoms with Crippen LogP contribution in [0.3, 0.4) is 0 Å². The topological polar surface area (TPSA) is 0 Å². The Kier molecular flexibility index (Phi) is 2.55. The van der Waals surface area contributed by atoms with Crippen LogP contribution in [0.1, 0.15) is 28.7 Å². The number of hydrogen-bond donors (Lipinski definition) is 0. The highest BCUT2D eigenvalue weighted by atomic mass is 28.3. The van der Waals surface area contributed by atoms with Gasteiger partial charge in [0.05, 0.1) is 0 Å². The van der Waals surface area contributed by atoms with E-state index in [4.69, 9.17) is 0 Å². The molecule has 1 aromatic rings. The van der Waals surface area contributed by atoms with E-state index in [2.05, 4.69) is 43.9 Å². The van der Waals surface area contributed by atoms with Gasteiger partial charge in [0, 0.05) is 14.0 Å². The van der Waals surface area contributed by atoms with Crippen LogP contribution in [0.5, 0.6) is 0 Å². The Hall–Kier alpha value is -0.823. The third kappa shape index (κ3) is 2.13. The first-order valence-electron chi connectivity index (χ1n) is 6.73. The summed E-state index contributed by atoms with van der Waals surface area (Å²) in [5, 5.41) is 0. The van der Waals surface area contributed by atoms with Crippen molar-refractivity contribution >= 4 is 14.1 Å². The maximum absolute atomic E-state index is 2.48. The fourth-order valence-electron chi connectivity index (χ4n) is 3.06. The van der Waals surface area contributed by atoms with Gasteiger partial charge in [-0.1, -0.05) is 43.9 Å². The standard InChI is InChI=1S/C16H21Si/c1-17(2,3)11-15-8-7-14-9-12-5-4-6-13(12)10-16(14)15/h7-10H,4-6,11H2,1-3H3. The van der Waals surface area contributed by atoms with E-state index in [1.165, 1.54) is 36.4 Å². The average Bonchev–Trinajstić information content (AvgIpc) is 2.80. The second kappa shape index (κ2) is 3.84. The van der Waals surface area contributed by atoms with Crippen LogP contribution in [0.25, 0.3) is 6.08 Å². The van der Waals surface area contributed by atoms with Crippen LogP contribution in [0, 0.1) is 5.92 Å². The number of allylic oxidation sites excluding steroid dienone is 1. The number of aryl methyl sites for hydroxylation is 2. The SMILES string of the molecule is C[Si](C)(C)C[C]1C=Cc2cc3c(cc21)CCC3. The third-order valence-corrected chi connectivity index (χ3v) is 5.24. The highest BCUT2D eigenvalue weighted by molar-refractivity contribution is 6.76. The molecule has 0 atom stereocenters. The predicted octanol–water partition coefficient (Wildman–Crippen LogP) is 4.46. The lowest BCUT2D eigenvalue weighted by atomic mass is 9.97. The van der Waals surface area contributed by atoms with Crippen LogP contribution < -0.4 is 0 Å². The molecule has 0 unspecified atom stereocenters. The first-order valence-corrected chi connectivity index (χ1v) is 10.4. The highest BCUT2D eigenvalue weighted by Gasteiger charge is 2.26. The summed E-state index contributed by atoms with van der Waals surface area (Å²) in [6.07, 6.45) is 8.62. The number of fused-ring (bicyclic) bond motifs is 2. The lowest BCUT2D eigenvalue weighted by Crippen LogP contribution is -2.22. The molecule has 0 amide bonds. The van der Waals surface area contributed by atoms with Crippen molar-refractivity contribution in [3.63, 3.8) is 0 Å². The summed E-state index contributed by atoms with van der Waals surface area (Å²) in [5.41, 5.74) is 6.22. The van der Waals surface area contributed by atoms with Gasteiger partial charge in [-0.15, -0.1) is 0 Å². The second-order valence-corrected chi connectivity index (χ2v) is 12.1. The van der Waals surface area contributed by atoms with Crippen LogP contribution in [0.4, 0.5) is 0 Å². The molecule has 0 nitrogen and oxygen atoms in total. The molecule has 0 spiro atoms. The minimum Gasteiger partial charge on any atom is -0.0724 e. The highest BCUT2D eigenvalue weighted by Crippen LogP contribution is 2.38. The van der Waals surface area contributed by atoms with Gasteiger partial charge in [-0.25, -0.2) is 0 Å². The minimum atomic E-state index is -1.00. The van der Waals surface area contributed by atoms with Gasteiger partial charge in [-0.2, -0.15) is 0 Å². The van der Waals surface area contributed by atoms with E-state index in [0.29, 0.717) is 0 Å². The Balaban J connectivity index is 1.94. The summed E-state index contributed by atoms with van der Waals surface area (Å²) in [5.74, 6) is 1.59. The first kappa shape index (κ1) is 11.3. The molecule has 0 aromatic heterocycles. The van der Waals surface area contributed by atoms with Gasteiger partial charge in [-0.3, -0.25) is 0 Å². The van der Waals surface area contributed by atoms with Crippen molar-refractivity contribution in [3.8, 4) is 0 Å². The maximum Gasteiger partial charge on any atom is 0.0455 e. The largest absolute Gasteiger partial charge is 0.0724 e. The fourth-order valence-corrected chi connectivity index (χ4v) is 4.52. The summed E-state index contributed by atoms with van der Waals surface area (Å²) < 4.78 is 0. The molecular weight excluding hydrogens is 220 g/mol. The summed E-state index contributed by atoms with van der Waals surface area (Å²) in [6.45, 7) is 7.37. The predicted molar refractivity (Wildman–Crippen MR) is 78.0 cm³/mol. The van der Waals surface area contributed by atoms with Gasteiger partial charge in [0.15, 0.2) is 0 Å². The van der Waals surface area contributed by atoms with Crippen molar-refractivity contribution in [2.45, 2.75) is 44.9 Å². The van der Waals surface area contributed by atoms with Gasteiger partial charge >= 0.3 is 0 Å². The second-order valence-electron chi connectivity index (χ2n) is 6.66. The molecule has 3 rings (SSSR count). The molecule has 1 radical (unpaired) electrons. The van der Waals surface area contributed by atoms with E-state index in [1.807, 2.05) is 0 Å². The van der Waals surface area contributed by atoms with Gasteiger partial charge < -0.3 is 0 Å². The number of rotatable bonds is 2. The van der Waals surface area contributed by atoms with Crippen LogP contribution in [-0.2, 0) is 12.8 Å². The third-order valence-electron chi connectivity index (χ3n) is 3.79. The molecule has 1 heteroatoms. The Labute approximate surface area is 106 Å². The van der Waals surface area contributed by atoms with E-state index in [9.17, 15) is 0 Å². The molecule has 1 aromatic carbocycles. The van der Waals surface area contributed by atoms with E-state index in [1.54, 1.807) is 17.0 Å². The smallest absolute Gasteiger partial charge is 0.0455 e. The Morgan fingerprint density at radius 3 is 2.41 bits per heavy atom. The first-order chi connectivity index (χ1) is 8.03. The van der Waals surface area contributed by atoms with Gasteiger partial charge in [0.25, 0.3) is 0 Å². The van der Waals surface area contributed by atoms with Crippen molar-refractivity contribution in [1.29, 1.82) is 0 Å². The van der Waals surface area contributed by atoms with Crippen LogP contribution in [0.15, 0.2) is 18.2 Å². The Morgan fingerprint density at radius 2 is 1.71 bits per heavy atom. The lowest BCUT2D eigenvalue weighted by Gasteiger charge is -2.21. The summed E-state index contributed by atoms with van der Waals surface area (Å²) in [6, 6.07) is 6.23. The lowest BCUT2D eigenvalue weighted by molar-refractivity contribution is 0.911. The molecule has 89 valence electrons. The Morgan fingerprint density at radius 1 is 1.00 bits per heavy atom. The van der Waals surface area contributed by atoms with E-state index >= 15 is 0 Å². The van der Waals surface area contributed by atoms with Crippen molar-refractivity contribution in [3.05, 3.63) is 46.4 Å². The molecule has 0 fully saturated rings. The van der Waals surface area contributed by atoms with Crippen molar-refractivity contribution < 1.29 is 0 Å². The van der Waals surface area contributed by atoms with E-state index < -0.39 is 8.07 Å². The van der Waals surface area contributed by atoms with E-state index in [0.717, 1.165) is 0 Å². The average molecular weight is 241 g/mol. The van der Waals surface area contributed by atoms with E-state index in [-0.39, 0.29) is 0 Å². The van der Waals surface area contributed by atoms with Gasteiger partial charge in [0.2, 0.25) is 0 Å². The summed E-state index contributed by atoms with van der Waals surface area (Å²) in [4.78, 5) is 0.